The zero-order chi connectivity index (χ0) is 23.7. The van der Waals surface area contributed by atoms with Crippen LogP contribution >= 0.6 is 0 Å². The van der Waals surface area contributed by atoms with E-state index in [2.05, 4.69) is 4.90 Å². The van der Waals surface area contributed by atoms with Crippen LogP contribution in [0.25, 0.3) is 10.8 Å². The Kier molecular flexibility index (Phi) is 6.34. The van der Waals surface area contributed by atoms with Crippen molar-refractivity contribution in [3.8, 4) is 0 Å². The topological polar surface area (TPSA) is 23.6 Å². The molecule has 34 heavy (non-hydrogen) atoms. The fourth-order valence-corrected chi connectivity index (χ4v) is 5.51. The second kappa shape index (κ2) is 9.41. The maximum absolute atomic E-state index is 13.2. The van der Waals surface area contributed by atoms with Crippen LogP contribution in [0.15, 0.2) is 66.7 Å². The third-order valence-corrected chi connectivity index (χ3v) is 7.41. The van der Waals surface area contributed by atoms with E-state index >= 15 is 0 Å². The Labute approximate surface area is 198 Å². The number of amides is 1. The summed E-state index contributed by atoms with van der Waals surface area (Å²) in [5, 5.41) is 2.09. The van der Waals surface area contributed by atoms with Crippen LogP contribution in [-0.4, -0.2) is 48.4 Å². The average molecular weight is 467 g/mol. The third-order valence-electron chi connectivity index (χ3n) is 7.41. The fourth-order valence-electron chi connectivity index (χ4n) is 5.51. The lowest BCUT2D eigenvalue weighted by molar-refractivity contribution is -0.137. The fraction of sp³-hybridized carbons (Fsp3) is 0.393. The van der Waals surface area contributed by atoms with Gasteiger partial charge in [0.25, 0.3) is 5.91 Å². The minimum atomic E-state index is -4.29. The first-order valence-electron chi connectivity index (χ1n) is 12.0. The van der Waals surface area contributed by atoms with E-state index in [4.69, 9.17) is 0 Å². The number of fused-ring (bicyclic) bond motifs is 1. The third kappa shape index (κ3) is 4.83. The number of nitrogens with zero attached hydrogens (tertiary/aromatic N) is 2. The smallest absolute Gasteiger partial charge is 0.338 e. The Bertz CT molecular complexity index is 1150. The number of hydrogen-bond donors (Lipinski definition) is 0. The molecule has 5 rings (SSSR count). The van der Waals surface area contributed by atoms with E-state index in [0.717, 1.165) is 73.9 Å². The van der Waals surface area contributed by atoms with Gasteiger partial charge in [-0.2, -0.15) is 13.2 Å². The predicted molar refractivity (Wildman–Crippen MR) is 128 cm³/mol. The van der Waals surface area contributed by atoms with Crippen molar-refractivity contribution < 1.29 is 18.0 Å². The van der Waals surface area contributed by atoms with Crippen molar-refractivity contribution in [2.45, 2.75) is 31.4 Å². The monoisotopic (exact) mass is 466 g/mol. The number of hydrogen-bond acceptors (Lipinski definition) is 2. The first kappa shape index (κ1) is 22.9. The van der Waals surface area contributed by atoms with Crippen molar-refractivity contribution in [2.75, 3.05) is 32.7 Å². The van der Waals surface area contributed by atoms with Crippen molar-refractivity contribution in [1.82, 2.24) is 9.80 Å². The molecule has 0 unspecified atom stereocenters. The molecular formula is C28H29F3N2O. The van der Waals surface area contributed by atoms with Gasteiger partial charge in [0, 0.05) is 25.2 Å². The van der Waals surface area contributed by atoms with Crippen molar-refractivity contribution >= 4 is 16.7 Å². The van der Waals surface area contributed by atoms with Crippen LogP contribution in [0.3, 0.4) is 0 Å². The number of alkyl halides is 3. The van der Waals surface area contributed by atoms with E-state index in [1.807, 2.05) is 47.4 Å². The molecule has 2 saturated heterocycles. The zero-order valence-corrected chi connectivity index (χ0v) is 19.1. The van der Waals surface area contributed by atoms with E-state index in [1.165, 1.54) is 12.1 Å². The van der Waals surface area contributed by atoms with E-state index in [1.54, 1.807) is 12.1 Å². The van der Waals surface area contributed by atoms with Gasteiger partial charge >= 0.3 is 6.18 Å². The number of piperidine rings is 1. The largest absolute Gasteiger partial charge is 0.416 e. The summed E-state index contributed by atoms with van der Waals surface area (Å²) in [5.74, 6) is 0.883. The molecule has 2 aliphatic rings. The van der Waals surface area contributed by atoms with Gasteiger partial charge in [-0.05, 0) is 78.7 Å². The van der Waals surface area contributed by atoms with Crippen molar-refractivity contribution in [3.05, 3.63) is 83.4 Å². The standard InChI is InChI=1S/C28H29F3N2O/c29-28(30,31)24-10-8-21(9-11-24)22-13-15-32(16-14-22)18-20-12-17-33(19-20)27(34)26-7-3-5-23-4-1-2-6-25(23)26/h1-11,20,22H,12-19H2/t20-/m1/s1. The molecule has 178 valence electrons. The molecule has 0 aliphatic carbocycles. The van der Waals surface area contributed by atoms with Gasteiger partial charge in [0.2, 0.25) is 0 Å². The molecule has 0 saturated carbocycles. The molecule has 0 bridgehead atoms. The van der Waals surface area contributed by atoms with Gasteiger partial charge < -0.3 is 9.80 Å². The van der Waals surface area contributed by atoms with Crippen molar-refractivity contribution in [2.24, 2.45) is 5.92 Å². The molecular weight excluding hydrogens is 437 g/mol. The Morgan fingerprint density at radius 3 is 2.29 bits per heavy atom. The van der Waals surface area contributed by atoms with Gasteiger partial charge in [-0.3, -0.25) is 4.79 Å². The van der Waals surface area contributed by atoms with E-state index in [0.29, 0.717) is 11.8 Å². The summed E-state index contributed by atoms with van der Waals surface area (Å²) in [6.07, 6.45) is -1.37. The quantitative estimate of drug-likeness (QED) is 0.457. The number of rotatable bonds is 4. The second-order valence-corrected chi connectivity index (χ2v) is 9.63. The lowest BCUT2D eigenvalue weighted by Gasteiger charge is -2.33. The van der Waals surface area contributed by atoms with Crippen LogP contribution in [0, 0.1) is 5.92 Å². The van der Waals surface area contributed by atoms with E-state index in [-0.39, 0.29) is 5.91 Å². The van der Waals surface area contributed by atoms with Gasteiger partial charge in [-0.25, -0.2) is 0 Å². The van der Waals surface area contributed by atoms with Crippen molar-refractivity contribution in [3.63, 3.8) is 0 Å². The summed E-state index contributed by atoms with van der Waals surface area (Å²) in [7, 11) is 0. The molecule has 0 aromatic heterocycles. The lowest BCUT2D eigenvalue weighted by Crippen LogP contribution is -2.37. The van der Waals surface area contributed by atoms with Gasteiger partial charge in [0.05, 0.1) is 5.56 Å². The molecule has 0 radical (unpaired) electrons. The SMILES string of the molecule is O=C(c1cccc2ccccc12)N1CC[C@H](CN2CCC(c3ccc(C(F)(F)F)cc3)CC2)C1. The maximum atomic E-state index is 13.2. The van der Waals surface area contributed by atoms with E-state index in [9.17, 15) is 18.0 Å². The Morgan fingerprint density at radius 1 is 0.853 bits per heavy atom. The normalized spacial score (nSPS) is 20.2. The van der Waals surface area contributed by atoms with E-state index < -0.39 is 11.7 Å². The van der Waals surface area contributed by atoms with Crippen LogP contribution in [0.1, 0.15) is 46.7 Å². The lowest BCUT2D eigenvalue weighted by atomic mass is 9.88. The molecule has 2 aliphatic heterocycles. The predicted octanol–water partition coefficient (Wildman–Crippen LogP) is 6.20. The summed E-state index contributed by atoms with van der Waals surface area (Å²) in [5.41, 5.74) is 1.19. The van der Waals surface area contributed by atoms with Crippen LogP contribution in [0.2, 0.25) is 0 Å². The highest BCUT2D eigenvalue weighted by Gasteiger charge is 2.32. The molecule has 3 aromatic rings. The van der Waals surface area contributed by atoms with Gasteiger partial charge in [-0.15, -0.1) is 0 Å². The Hall–Kier alpha value is -2.86. The summed E-state index contributed by atoms with van der Waals surface area (Å²) in [4.78, 5) is 17.7. The van der Waals surface area contributed by atoms with Crippen LogP contribution in [-0.2, 0) is 6.18 Å². The molecule has 1 amide bonds. The number of carbonyl (C=O) groups excluding carboxylic acids is 1. The molecule has 3 nitrogen and oxygen atoms in total. The highest BCUT2D eigenvalue weighted by atomic mass is 19.4. The maximum Gasteiger partial charge on any atom is 0.416 e. The number of benzene rings is 3. The minimum absolute atomic E-state index is 0.111. The van der Waals surface area contributed by atoms with Gasteiger partial charge in [0.15, 0.2) is 0 Å². The number of halogens is 3. The number of likely N-dealkylation sites (tertiary alicyclic amines) is 2. The van der Waals surface area contributed by atoms with Crippen LogP contribution < -0.4 is 0 Å². The van der Waals surface area contributed by atoms with Gasteiger partial charge in [0.1, 0.15) is 0 Å². The molecule has 0 spiro atoms. The molecule has 1 atom stereocenters. The first-order valence-corrected chi connectivity index (χ1v) is 12.0. The van der Waals surface area contributed by atoms with Crippen molar-refractivity contribution in [1.29, 1.82) is 0 Å². The summed E-state index contributed by atoms with van der Waals surface area (Å²) in [6, 6.07) is 19.6. The van der Waals surface area contributed by atoms with Crippen LogP contribution in [0.5, 0.6) is 0 Å². The molecule has 2 heterocycles. The highest BCUT2D eigenvalue weighted by Crippen LogP contribution is 2.33. The Balaban J connectivity index is 1.14. The van der Waals surface area contributed by atoms with Gasteiger partial charge in [-0.1, -0.05) is 48.5 Å². The first-order chi connectivity index (χ1) is 16.4. The second-order valence-electron chi connectivity index (χ2n) is 9.63. The summed E-state index contributed by atoms with van der Waals surface area (Å²) >= 11 is 0. The zero-order valence-electron chi connectivity index (χ0n) is 19.1. The minimum Gasteiger partial charge on any atom is -0.338 e. The Morgan fingerprint density at radius 2 is 1.56 bits per heavy atom. The summed E-state index contributed by atoms with van der Waals surface area (Å²) < 4.78 is 38.5. The molecule has 2 fully saturated rings. The molecule has 0 N–H and O–H groups in total. The molecule has 6 heteroatoms. The number of carbonyl (C=O) groups is 1. The highest BCUT2D eigenvalue weighted by molar-refractivity contribution is 6.07. The average Bonchev–Trinajstić information content (AvgIpc) is 3.32. The molecule has 3 aromatic carbocycles. The van der Waals surface area contributed by atoms with Crippen LogP contribution in [0.4, 0.5) is 13.2 Å². The summed E-state index contributed by atoms with van der Waals surface area (Å²) in [6.45, 7) is 4.42.